The molecule has 3 rings (SSSR count). The molecule has 0 aliphatic heterocycles. The number of aryl methyl sites for hydroxylation is 1. The van der Waals surface area contributed by atoms with Crippen LogP contribution in [0.3, 0.4) is 0 Å². The number of imidazole rings is 1. The topological polar surface area (TPSA) is 35.1 Å². The minimum Gasteiger partial charge on any atom is -0.334 e. The van der Waals surface area contributed by atoms with Crippen LogP contribution in [0.4, 0.5) is 0 Å². The van der Waals surface area contributed by atoms with Gasteiger partial charge in [-0.2, -0.15) is 5.10 Å². The molecule has 3 aromatic heterocycles. The number of hydrogen-bond donors (Lipinski definition) is 0. The molecule has 0 fully saturated rings. The van der Waals surface area contributed by atoms with Crippen LogP contribution in [-0.2, 0) is 7.05 Å². The average molecular weight is 198 g/mol. The summed E-state index contributed by atoms with van der Waals surface area (Å²) in [5, 5.41) is 4.29. The van der Waals surface area contributed by atoms with E-state index in [1.807, 2.05) is 42.3 Å². The molecule has 0 radical (unpaired) electrons. The fraction of sp³-hybridized carbons (Fsp3) is 0.0909. The van der Waals surface area contributed by atoms with Crippen molar-refractivity contribution in [2.75, 3.05) is 0 Å². The van der Waals surface area contributed by atoms with Crippen LogP contribution in [0, 0.1) is 0 Å². The molecule has 0 aliphatic rings. The third-order valence-electron chi connectivity index (χ3n) is 2.53. The van der Waals surface area contributed by atoms with Gasteiger partial charge in [0.05, 0.1) is 6.20 Å². The Kier molecular flexibility index (Phi) is 1.62. The zero-order chi connectivity index (χ0) is 10.3. The quantitative estimate of drug-likeness (QED) is 0.597. The Morgan fingerprint density at radius 2 is 1.93 bits per heavy atom. The monoisotopic (exact) mass is 198 g/mol. The molecule has 0 aliphatic carbocycles. The second kappa shape index (κ2) is 2.95. The Morgan fingerprint density at radius 1 is 1.13 bits per heavy atom. The van der Waals surface area contributed by atoms with Crippen molar-refractivity contribution in [2.45, 2.75) is 0 Å². The molecule has 3 aromatic rings. The van der Waals surface area contributed by atoms with E-state index >= 15 is 0 Å². The van der Waals surface area contributed by atoms with E-state index in [0.717, 1.165) is 16.8 Å². The fourth-order valence-corrected chi connectivity index (χ4v) is 1.79. The largest absolute Gasteiger partial charge is 0.334 e. The second-order valence-corrected chi connectivity index (χ2v) is 3.47. The van der Waals surface area contributed by atoms with Crippen molar-refractivity contribution < 1.29 is 0 Å². The highest BCUT2D eigenvalue weighted by Gasteiger charge is 2.08. The predicted molar refractivity (Wildman–Crippen MR) is 57.4 cm³/mol. The maximum Gasteiger partial charge on any atom is 0.143 e. The Hall–Kier alpha value is -2.10. The fourth-order valence-electron chi connectivity index (χ4n) is 1.79. The third kappa shape index (κ3) is 1.15. The number of nitrogens with zero attached hydrogens (tertiary/aromatic N) is 4. The molecule has 0 saturated carbocycles. The number of hydrogen-bond acceptors (Lipinski definition) is 2. The highest BCUT2D eigenvalue weighted by atomic mass is 15.3. The van der Waals surface area contributed by atoms with Gasteiger partial charge in [0.15, 0.2) is 0 Å². The van der Waals surface area contributed by atoms with Crippen LogP contribution in [0.1, 0.15) is 0 Å². The van der Waals surface area contributed by atoms with Gasteiger partial charge in [0.25, 0.3) is 0 Å². The molecule has 0 saturated heterocycles. The highest BCUT2D eigenvalue weighted by Crippen LogP contribution is 2.23. The predicted octanol–water partition coefficient (Wildman–Crippen LogP) is 1.73. The first-order valence-corrected chi connectivity index (χ1v) is 4.75. The number of rotatable bonds is 1. The Bertz CT molecular complexity index is 591. The van der Waals surface area contributed by atoms with Gasteiger partial charge >= 0.3 is 0 Å². The first-order valence-electron chi connectivity index (χ1n) is 4.75. The lowest BCUT2D eigenvalue weighted by Gasteiger charge is -1.98. The standard InChI is InChI=1S/C11H10N4/c1-14-6-7-15-11(14)10(8-13-15)9-2-4-12-5-3-9/h2-8H,1H3. The molecule has 0 unspecified atom stereocenters. The van der Waals surface area contributed by atoms with Crippen molar-refractivity contribution in [1.82, 2.24) is 19.2 Å². The van der Waals surface area contributed by atoms with Crippen LogP contribution < -0.4 is 0 Å². The van der Waals surface area contributed by atoms with E-state index in [9.17, 15) is 0 Å². The smallest absolute Gasteiger partial charge is 0.143 e. The molecule has 4 heteroatoms. The van der Waals surface area contributed by atoms with Crippen molar-refractivity contribution in [3.05, 3.63) is 43.1 Å². The molecule has 74 valence electrons. The van der Waals surface area contributed by atoms with E-state index < -0.39 is 0 Å². The molecule has 0 aromatic carbocycles. The van der Waals surface area contributed by atoms with E-state index in [1.165, 1.54) is 0 Å². The van der Waals surface area contributed by atoms with Gasteiger partial charge in [0, 0.05) is 37.4 Å². The van der Waals surface area contributed by atoms with Crippen LogP contribution in [0.2, 0.25) is 0 Å². The minimum atomic E-state index is 1.10. The molecule has 0 amide bonds. The van der Waals surface area contributed by atoms with Gasteiger partial charge < -0.3 is 4.57 Å². The van der Waals surface area contributed by atoms with E-state index in [0.29, 0.717) is 0 Å². The zero-order valence-electron chi connectivity index (χ0n) is 8.33. The van der Waals surface area contributed by atoms with E-state index in [1.54, 1.807) is 12.4 Å². The highest BCUT2D eigenvalue weighted by molar-refractivity contribution is 5.77. The Morgan fingerprint density at radius 3 is 2.73 bits per heavy atom. The molecule has 3 heterocycles. The zero-order valence-corrected chi connectivity index (χ0v) is 8.33. The summed E-state index contributed by atoms with van der Waals surface area (Å²) in [6.07, 6.45) is 9.40. The normalized spacial score (nSPS) is 11.0. The number of pyridine rings is 1. The molecule has 4 nitrogen and oxygen atoms in total. The van der Waals surface area contributed by atoms with Gasteiger partial charge in [0.1, 0.15) is 5.65 Å². The summed E-state index contributed by atoms with van der Waals surface area (Å²) in [5.41, 5.74) is 3.37. The summed E-state index contributed by atoms with van der Waals surface area (Å²) in [6, 6.07) is 3.98. The van der Waals surface area contributed by atoms with Gasteiger partial charge in [-0.25, -0.2) is 4.52 Å². The van der Waals surface area contributed by atoms with E-state index in [2.05, 4.69) is 14.6 Å². The van der Waals surface area contributed by atoms with Crippen LogP contribution >= 0.6 is 0 Å². The summed E-state index contributed by atoms with van der Waals surface area (Å²) in [5.74, 6) is 0. The van der Waals surface area contributed by atoms with Gasteiger partial charge in [-0.15, -0.1) is 0 Å². The van der Waals surface area contributed by atoms with Crippen molar-refractivity contribution in [1.29, 1.82) is 0 Å². The van der Waals surface area contributed by atoms with Crippen molar-refractivity contribution in [3.63, 3.8) is 0 Å². The third-order valence-corrected chi connectivity index (χ3v) is 2.53. The lowest BCUT2D eigenvalue weighted by Crippen LogP contribution is -1.88. The molecule has 0 atom stereocenters. The van der Waals surface area contributed by atoms with Crippen LogP contribution in [0.15, 0.2) is 43.1 Å². The van der Waals surface area contributed by atoms with Crippen LogP contribution in [0.5, 0.6) is 0 Å². The molecular weight excluding hydrogens is 188 g/mol. The van der Waals surface area contributed by atoms with Crippen molar-refractivity contribution >= 4 is 5.65 Å². The SMILES string of the molecule is Cn1ccn2ncc(-c3ccncc3)c12. The van der Waals surface area contributed by atoms with Crippen LogP contribution in [-0.4, -0.2) is 19.2 Å². The molecule has 0 N–H and O–H groups in total. The molecule has 15 heavy (non-hydrogen) atoms. The maximum absolute atomic E-state index is 4.29. The lowest BCUT2D eigenvalue weighted by molar-refractivity contribution is 0.929. The van der Waals surface area contributed by atoms with Crippen molar-refractivity contribution in [2.24, 2.45) is 7.05 Å². The first kappa shape index (κ1) is 8.23. The summed E-state index contributed by atoms with van der Waals surface area (Å²) in [4.78, 5) is 4.01. The van der Waals surface area contributed by atoms with Gasteiger partial charge in [0.2, 0.25) is 0 Å². The summed E-state index contributed by atoms with van der Waals surface area (Å²) >= 11 is 0. The van der Waals surface area contributed by atoms with Gasteiger partial charge in [-0.1, -0.05) is 0 Å². The van der Waals surface area contributed by atoms with Crippen LogP contribution in [0.25, 0.3) is 16.8 Å². The average Bonchev–Trinajstić information content (AvgIpc) is 2.84. The Labute approximate surface area is 86.8 Å². The minimum absolute atomic E-state index is 1.10. The van der Waals surface area contributed by atoms with E-state index in [-0.39, 0.29) is 0 Å². The maximum atomic E-state index is 4.29. The number of fused-ring (bicyclic) bond motifs is 1. The van der Waals surface area contributed by atoms with Gasteiger partial charge in [-0.05, 0) is 17.7 Å². The second-order valence-electron chi connectivity index (χ2n) is 3.47. The summed E-state index contributed by atoms with van der Waals surface area (Å²) in [6.45, 7) is 0. The molecular formula is C11H10N4. The summed E-state index contributed by atoms with van der Waals surface area (Å²) < 4.78 is 3.93. The Balaban J connectivity index is 2.31. The number of aromatic nitrogens is 4. The molecule has 0 bridgehead atoms. The summed E-state index contributed by atoms with van der Waals surface area (Å²) in [7, 11) is 2.02. The first-order chi connectivity index (χ1) is 7.36. The van der Waals surface area contributed by atoms with Gasteiger partial charge in [-0.3, -0.25) is 4.98 Å². The lowest BCUT2D eigenvalue weighted by atomic mass is 10.1. The van der Waals surface area contributed by atoms with E-state index in [4.69, 9.17) is 0 Å². The molecule has 0 spiro atoms. The van der Waals surface area contributed by atoms with Crippen molar-refractivity contribution in [3.8, 4) is 11.1 Å².